The van der Waals surface area contributed by atoms with Gasteiger partial charge in [0.2, 0.25) is 0 Å². The average Bonchev–Trinajstić information content (AvgIpc) is 3.40. The number of hydrogen-bond donors (Lipinski definition) is 0. The van der Waals surface area contributed by atoms with E-state index < -0.39 is 6.10 Å². The molecule has 1 atom stereocenters. The molecule has 436 valence electrons. The predicted molar refractivity (Wildman–Crippen MR) is 321 cm³/mol. The summed E-state index contributed by atoms with van der Waals surface area (Å²) in [4.78, 5) is 38.2. The van der Waals surface area contributed by atoms with Gasteiger partial charge in [0.1, 0.15) is 13.2 Å². The lowest BCUT2D eigenvalue weighted by molar-refractivity contribution is -0.167. The summed E-state index contributed by atoms with van der Waals surface area (Å²) in [6.07, 6.45) is 76.4. The van der Waals surface area contributed by atoms with E-state index in [1.54, 1.807) is 0 Å². The predicted octanol–water partition coefficient (Wildman–Crippen LogP) is 22.6. The molecule has 0 aromatic rings. The van der Waals surface area contributed by atoms with Gasteiger partial charge in [-0.25, -0.2) is 0 Å². The maximum absolute atomic E-state index is 12.9. The van der Waals surface area contributed by atoms with Crippen LogP contribution in [0.25, 0.3) is 0 Å². The lowest BCUT2D eigenvalue weighted by atomic mass is 10.0. The lowest BCUT2D eigenvalue weighted by Gasteiger charge is -2.18. The van der Waals surface area contributed by atoms with Crippen LogP contribution in [0.1, 0.15) is 374 Å². The molecule has 0 N–H and O–H groups in total. The first-order valence-electron chi connectivity index (χ1n) is 33.3. The van der Waals surface area contributed by atoms with Gasteiger partial charge in [-0.05, 0) is 70.6 Å². The summed E-state index contributed by atoms with van der Waals surface area (Å²) in [7, 11) is 0. The van der Waals surface area contributed by atoms with Crippen molar-refractivity contribution in [1.29, 1.82) is 0 Å². The zero-order chi connectivity index (χ0) is 53.6. The summed E-state index contributed by atoms with van der Waals surface area (Å²) in [6.45, 7) is 6.66. The maximum Gasteiger partial charge on any atom is 0.306 e. The van der Waals surface area contributed by atoms with Gasteiger partial charge in [-0.1, -0.05) is 308 Å². The summed E-state index contributed by atoms with van der Waals surface area (Å²) in [5.41, 5.74) is 0. The highest BCUT2D eigenvalue weighted by atomic mass is 16.6. The van der Waals surface area contributed by atoms with Crippen LogP contribution in [0.5, 0.6) is 0 Å². The zero-order valence-corrected chi connectivity index (χ0v) is 50.1. The van der Waals surface area contributed by atoms with Crippen molar-refractivity contribution in [3.63, 3.8) is 0 Å². The average molecular weight is 1040 g/mol. The fourth-order valence-corrected chi connectivity index (χ4v) is 10.1. The number of unbranched alkanes of at least 4 members (excludes halogenated alkanes) is 47. The molecule has 1 unspecified atom stereocenters. The van der Waals surface area contributed by atoms with Crippen molar-refractivity contribution in [2.75, 3.05) is 13.2 Å². The van der Waals surface area contributed by atoms with Crippen molar-refractivity contribution in [3.05, 3.63) is 24.3 Å². The number of carbonyl (C=O) groups excluding carboxylic acids is 3. The van der Waals surface area contributed by atoms with Crippen LogP contribution in [0.15, 0.2) is 24.3 Å². The molecule has 0 fully saturated rings. The Morgan fingerprint density at radius 3 is 0.703 bits per heavy atom. The second-order valence-electron chi connectivity index (χ2n) is 22.7. The highest BCUT2D eigenvalue weighted by Gasteiger charge is 2.19. The Balaban J connectivity index is 4.12. The van der Waals surface area contributed by atoms with Crippen molar-refractivity contribution < 1.29 is 28.6 Å². The van der Waals surface area contributed by atoms with Gasteiger partial charge in [0.15, 0.2) is 6.10 Å². The highest BCUT2D eigenvalue weighted by Crippen LogP contribution is 2.18. The number of esters is 3. The molecule has 0 rings (SSSR count). The molecule has 0 aliphatic heterocycles. The molecule has 0 radical (unpaired) electrons. The van der Waals surface area contributed by atoms with Crippen molar-refractivity contribution in [3.8, 4) is 0 Å². The van der Waals surface area contributed by atoms with E-state index in [1.165, 1.54) is 263 Å². The Hall–Kier alpha value is -2.11. The first-order valence-corrected chi connectivity index (χ1v) is 33.3. The van der Waals surface area contributed by atoms with Crippen LogP contribution in [0.4, 0.5) is 0 Å². The molecule has 0 aliphatic rings. The summed E-state index contributed by atoms with van der Waals surface area (Å²) >= 11 is 0. The lowest BCUT2D eigenvalue weighted by Crippen LogP contribution is -2.30. The van der Waals surface area contributed by atoms with E-state index in [4.69, 9.17) is 14.2 Å². The zero-order valence-electron chi connectivity index (χ0n) is 50.1. The molecule has 0 spiro atoms. The number of hydrogen-bond acceptors (Lipinski definition) is 6. The van der Waals surface area contributed by atoms with Gasteiger partial charge in [0, 0.05) is 19.3 Å². The maximum atomic E-state index is 12.9. The molecule has 0 amide bonds. The summed E-state index contributed by atoms with van der Waals surface area (Å²) in [5.74, 6) is -0.867. The third-order valence-electron chi connectivity index (χ3n) is 15.2. The number of ether oxygens (including phenoxy) is 3. The molecule has 0 aliphatic carbocycles. The molecule has 0 bridgehead atoms. The molecular weight excluding hydrogens is 913 g/mol. The Morgan fingerprint density at radius 2 is 0.446 bits per heavy atom. The van der Waals surface area contributed by atoms with Crippen molar-refractivity contribution >= 4 is 17.9 Å². The van der Waals surface area contributed by atoms with Gasteiger partial charge in [-0.3, -0.25) is 14.4 Å². The van der Waals surface area contributed by atoms with Crippen LogP contribution >= 0.6 is 0 Å². The van der Waals surface area contributed by atoms with Gasteiger partial charge >= 0.3 is 17.9 Å². The van der Waals surface area contributed by atoms with Crippen LogP contribution in [0.2, 0.25) is 0 Å². The summed E-state index contributed by atoms with van der Waals surface area (Å²) in [5, 5.41) is 0. The Morgan fingerprint density at radius 1 is 0.257 bits per heavy atom. The molecule has 0 saturated carbocycles. The molecule has 0 aromatic heterocycles. The van der Waals surface area contributed by atoms with E-state index >= 15 is 0 Å². The minimum absolute atomic E-state index is 0.0726. The van der Waals surface area contributed by atoms with Gasteiger partial charge < -0.3 is 14.2 Å². The van der Waals surface area contributed by atoms with E-state index in [2.05, 4.69) is 45.1 Å². The van der Waals surface area contributed by atoms with Crippen molar-refractivity contribution in [2.45, 2.75) is 380 Å². The van der Waals surface area contributed by atoms with Gasteiger partial charge in [0.05, 0.1) is 0 Å². The monoisotopic (exact) mass is 1040 g/mol. The smallest absolute Gasteiger partial charge is 0.306 e. The summed E-state index contributed by atoms with van der Waals surface area (Å²) in [6, 6.07) is 0. The number of allylic oxidation sites excluding steroid dienone is 4. The Bertz CT molecular complexity index is 1190. The first-order chi connectivity index (χ1) is 36.5. The van der Waals surface area contributed by atoms with Crippen molar-refractivity contribution in [2.24, 2.45) is 0 Å². The molecular formula is C68H128O6. The van der Waals surface area contributed by atoms with E-state index in [0.29, 0.717) is 19.3 Å². The third-order valence-corrected chi connectivity index (χ3v) is 15.2. The molecule has 6 nitrogen and oxygen atoms in total. The fourth-order valence-electron chi connectivity index (χ4n) is 10.1. The van der Waals surface area contributed by atoms with Crippen LogP contribution in [-0.2, 0) is 28.6 Å². The minimum atomic E-state index is -0.776. The van der Waals surface area contributed by atoms with Crippen molar-refractivity contribution in [1.82, 2.24) is 0 Å². The molecule has 74 heavy (non-hydrogen) atoms. The van der Waals surface area contributed by atoms with E-state index in [-0.39, 0.29) is 31.1 Å². The second kappa shape index (κ2) is 63.4. The largest absolute Gasteiger partial charge is 0.462 e. The van der Waals surface area contributed by atoms with E-state index in [9.17, 15) is 14.4 Å². The normalized spacial score (nSPS) is 12.1. The van der Waals surface area contributed by atoms with Crippen LogP contribution in [0, 0.1) is 0 Å². The Kier molecular flexibility index (Phi) is 61.6. The second-order valence-corrected chi connectivity index (χ2v) is 22.7. The van der Waals surface area contributed by atoms with Crippen LogP contribution in [0.3, 0.4) is 0 Å². The number of carbonyl (C=O) groups is 3. The van der Waals surface area contributed by atoms with E-state index in [1.807, 2.05) is 0 Å². The van der Waals surface area contributed by atoms with Gasteiger partial charge in [0.25, 0.3) is 0 Å². The molecule has 0 saturated heterocycles. The molecule has 0 heterocycles. The first kappa shape index (κ1) is 71.9. The molecule has 0 aromatic carbocycles. The van der Waals surface area contributed by atoms with Gasteiger partial charge in [-0.15, -0.1) is 0 Å². The quantitative estimate of drug-likeness (QED) is 0.0261. The standard InChI is InChI=1S/C68H128O6/c1-4-7-10-13-16-19-22-25-27-28-29-30-31-32-33-34-35-36-37-38-39-40-42-43-46-49-52-55-58-61-67(70)73-64-65(63-72-66(69)60-57-54-51-48-45-24-21-18-15-12-9-6-3)74-68(71)62-59-56-53-50-47-44-41-26-23-20-17-14-11-8-5-2/h18,21,26,41,65H,4-17,19-20,22-25,27-40,42-64H2,1-3H3/b21-18-,41-26-. The number of rotatable bonds is 62. The van der Waals surface area contributed by atoms with E-state index in [0.717, 1.165) is 70.6 Å². The van der Waals surface area contributed by atoms with Crippen LogP contribution in [-0.4, -0.2) is 37.2 Å². The SMILES string of the molecule is CCCCC/C=C\CCCCCCCC(=O)OCC(COC(=O)CCCCCCCCCCCCCCCCCCCCCCCCCCCCCCC)OC(=O)CCCCCCC/C=C\CCCCCCCC. The highest BCUT2D eigenvalue weighted by molar-refractivity contribution is 5.71. The summed E-state index contributed by atoms with van der Waals surface area (Å²) < 4.78 is 16.9. The Labute approximate surface area is 462 Å². The van der Waals surface area contributed by atoms with Gasteiger partial charge in [-0.2, -0.15) is 0 Å². The van der Waals surface area contributed by atoms with Crippen LogP contribution < -0.4 is 0 Å². The third kappa shape index (κ3) is 60.8. The topological polar surface area (TPSA) is 78.9 Å². The fraction of sp³-hybridized carbons (Fsp3) is 0.897. The molecule has 6 heteroatoms. The minimum Gasteiger partial charge on any atom is -0.462 e.